The van der Waals surface area contributed by atoms with Crippen LogP contribution in [0.1, 0.15) is 21.7 Å². The first-order valence-electron chi connectivity index (χ1n) is 12.2. The lowest BCUT2D eigenvalue weighted by Crippen LogP contribution is -2.48. The Morgan fingerprint density at radius 1 is 1.00 bits per heavy atom. The van der Waals surface area contributed by atoms with Crippen LogP contribution in [0.15, 0.2) is 71.8 Å². The summed E-state index contributed by atoms with van der Waals surface area (Å²) in [7, 11) is -3.63. The largest absolute Gasteiger partial charge is 0.345 e. The smallest absolute Gasteiger partial charge is 0.286 e. The molecule has 2 N–H and O–H groups in total. The normalized spacial score (nSPS) is 17.2. The number of nitrogens with zero attached hydrogens (tertiary/aromatic N) is 4. The third kappa shape index (κ3) is 5.76. The molecule has 2 aromatic carbocycles. The summed E-state index contributed by atoms with van der Waals surface area (Å²) in [5, 5.41) is 9.41. The molecule has 9 nitrogen and oxygen atoms in total. The van der Waals surface area contributed by atoms with Crippen molar-refractivity contribution in [2.24, 2.45) is 0 Å². The molecule has 0 saturated carbocycles. The molecular weight excluding hydrogens is 510 g/mol. The lowest BCUT2D eigenvalue weighted by molar-refractivity contribution is 0.0710. The van der Waals surface area contributed by atoms with Crippen molar-refractivity contribution in [3.05, 3.63) is 77.3 Å². The Balaban J connectivity index is 1.23. The molecular formula is C26H29N5O4S2. The minimum absolute atomic E-state index is 0.275. The number of nitrogens with one attached hydrogen (secondary N) is 1. The van der Waals surface area contributed by atoms with Crippen LogP contribution in [0.4, 0.5) is 5.13 Å². The molecule has 1 amide bonds. The van der Waals surface area contributed by atoms with Crippen molar-refractivity contribution in [3.63, 3.8) is 0 Å². The van der Waals surface area contributed by atoms with E-state index in [1.165, 1.54) is 16.1 Å². The van der Waals surface area contributed by atoms with Crippen LogP contribution in [0.2, 0.25) is 0 Å². The molecule has 11 heteroatoms. The van der Waals surface area contributed by atoms with Gasteiger partial charge in [-0.2, -0.15) is 4.31 Å². The number of hydroxylamine groups is 1. The van der Waals surface area contributed by atoms with Crippen molar-refractivity contribution in [3.8, 4) is 11.1 Å². The van der Waals surface area contributed by atoms with Gasteiger partial charge in [-0.1, -0.05) is 53.8 Å². The summed E-state index contributed by atoms with van der Waals surface area (Å²) in [5.74, 6) is -0.612. The fourth-order valence-corrected chi connectivity index (χ4v) is 6.88. The number of sulfonamides is 1. The number of anilines is 1. The molecule has 3 aromatic rings. The predicted octanol–water partition coefficient (Wildman–Crippen LogP) is 3.20. The zero-order valence-electron chi connectivity index (χ0n) is 20.3. The second-order valence-corrected chi connectivity index (χ2v) is 12.0. The Bertz CT molecular complexity index is 1380. The molecule has 0 spiro atoms. The molecule has 0 bridgehead atoms. The Hall–Kier alpha value is -3.09. The van der Waals surface area contributed by atoms with Crippen LogP contribution in [-0.4, -0.2) is 73.0 Å². The number of carbonyl (C=O) groups excluding carboxylic acids is 1. The van der Waals surface area contributed by atoms with E-state index in [0.29, 0.717) is 36.2 Å². The number of amides is 1. The number of rotatable bonds is 7. The van der Waals surface area contributed by atoms with Crippen molar-refractivity contribution in [1.29, 1.82) is 0 Å². The lowest BCUT2D eigenvalue weighted by atomic mass is 10.0. The predicted molar refractivity (Wildman–Crippen MR) is 143 cm³/mol. The summed E-state index contributed by atoms with van der Waals surface area (Å²) < 4.78 is 28.1. The maximum Gasteiger partial charge on any atom is 0.286 e. The summed E-state index contributed by atoms with van der Waals surface area (Å²) in [4.78, 5) is 20.7. The summed E-state index contributed by atoms with van der Waals surface area (Å²) in [6, 6.07) is 15.5. The number of piperazine rings is 1. The lowest BCUT2D eigenvalue weighted by Gasteiger charge is -2.33. The highest BCUT2D eigenvalue weighted by atomic mass is 32.2. The molecule has 2 aliphatic heterocycles. The van der Waals surface area contributed by atoms with E-state index in [-0.39, 0.29) is 4.90 Å². The highest BCUT2D eigenvalue weighted by Crippen LogP contribution is 2.27. The van der Waals surface area contributed by atoms with E-state index in [2.05, 4.69) is 46.3 Å². The van der Waals surface area contributed by atoms with E-state index in [1.54, 1.807) is 17.6 Å². The monoisotopic (exact) mass is 539 g/mol. The molecule has 5 rings (SSSR count). The van der Waals surface area contributed by atoms with Crippen LogP contribution in [0.25, 0.3) is 11.1 Å². The Kier molecular flexibility index (Phi) is 7.68. The van der Waals surface area contributed by atoms with Crippen molar-refractivity contribution in [2.75, 3.05) is 44.2 Å². The van der Waals surface area contributed by atoms with Crippen LogP contribution in [0.5, 0.6) is 0 Å². The first-order valence-corrected chi connectivity index (χ1v) is 14.4. The quantitative estimate of drug-likeness (QED) is 0.270. The number of benzene rings is 2. The molecule has 0 unspecified atom stereocenters. The van der Waals surface area contributed by atoms with Crippen LogP contribution < -0.4 is 10.4 Å². The molecule has 3 heterocycles. The molecule has 0 atom stereocenters. The summed E-state index contributed by atoms with van der Waals surface area (Å²) in [5.41, 5.74) is 4.89. The Labute approximate surface area is 220 Å². The number of thiazole rings is 1. The minimum Gasteiger partial charge on any atom is -0.345 e. The zero-order chi connectivity index (χ0) is 25.8. The van der Waals surface area contributed by atoms with Crippen LogP contribution >= 0.6 is 11.3 Å². The Morgan fingerprint density at radius 3 is 2.49 bits per heavy atom. The summed E-state index contributed by atoms with van der Waals surface area (Å²) in [6.07, 6.45) is 6.91. The van der Waals surface area contributed by atoms with Gasteiger partial charge in [-0.3, -0.25) is 14.9 Å². The fraction of sp³-hybridized carbons (Fsp3) is 0.308. The van der Waals surface area contributed by atoms with Crippen LogP contribution in [0, 0.1) is 0 Å². The molecule has 1 saturated heterocycles. The maximum atomic E-state index is 13.3. The average molecular weight is 540 g/mol. The molecule has 2 aliphatic rings. The third-order valence-corrected chi connectivity index (χ3v) is 9.60. The third-order valence-electron chi connectivity index (χ3n) is 6.63. The van der Waals surface area contributed by atoms with Gasteiger partial charge >= 0.3 is 0 Å². The van der Waals surface area contributed by atoms with Crippen molar-refractivity contribution >= 4 is 32.4 Å². The van der Waals surface area contributed by atoms with Gasteiger partial charge in [-0.15, -0.1) is 0 Å². The highest BCUT2D eigenvalue weighted by molar-refractivity contribution is 7.89. The standard InChI is InChI=1S/C26H29N5O4S2/c32-25(28-33)24-18-27-26(36-24)30-13-15-31(16-14-30)37(34,35)23-9-7-21(8-10-23)22-6-4-5-20(17-22)19-29-11-2-1-3-12-29/h1-2,4-10,17-18,33H,3,11-16,19H2,(H,28,32). The summed E-state index contributed by atoms with van der Waals surface area (Å²) in [6.45, 7) is 4.49. The van der Waals surface area contributed by atoms with Gasteiger partial charge in [0, 0.05) is 45.8 Å². The highest BCUT2D eigenvalue weighted by Gasteiger charge is 2.29. The molecule has 0 aliphatic carbocycles. The number of hydrogen-bond acceptors (Lipinski definition) is 8. The van der Waals surface area contributed by atoms with Crippen LogP contribution in [-0.2, 0) is 16.6 Å². The van der Waals surface area contributed by atoms with Gasteiger partial charge in [0.05, 0.1) is 11.1 Å². The second-order valence-electron chi connectivity index (χ2n) is 9.06. The van der Waals surface area contributed by atoms with Gasteiger partial charge in [-0.25, -0.2) is 18.9 Å². The van der Waals surface area contributed by atoms with E-state index >= 15 is 0 Å². The van der Waals surface area contributed by atoms with Crippen LogP contribution in [0.3, 0.4) is 0 Å². The first-order chi connectivity index (χ1) is 17.9. The van der Waals surface area contributed by atoms with E-state index < -0.39 is 15.9 Å². The van der Waals surface area contributed by atoms with Crippen molar-refractivity contribution in [2.45, 2.75) is 17.9 Å². The molecule has 194 valence electrons. The zero-order valence-corrected chi connectivity index (χ0v) is 21.9. The Morgan fingerprint density at radius 2 is 1.78 bits per heavy atom. The first kappa shape index (κ1) is 25.6. The topological polar surface area (TPSA) is 106 Å². The number of carbonyl (C=O) groups is 1. The van der Waals surface area contributed by atoms with E-state index in [9.17, 15) is 13.2 Å². The second kappa shape index (κ2) is 11.1. The van der Waals surface area contributed by atoms with Gasteiger partial charge < -0.3 is 4.90 Å². The molecule has 0 radical (unpaired) electrons. The number of aromatic nitrogens is 1. The molecule has 1 fully saturated rings. The van der Waals surface area contributed by atoms with E-state index in [4.69, 9.17) is 5.21 Å². The average Bonchev–Trinajstić information content (AvgIpc) is 3.44. The van der Waals surface area contributed by atoms with Gasteiger partial charge in [0.2, 0.25) is 10.0 Å². The van der Waals surface area contributed by atoms with Crippen molar-refractivity contribution in [1.82, 2.24) is 19.7 Å². The SMILES string of the molecule is O=C(NO)c1cnc(N2CCN(S(=O)(=O)c3ccc(-c4cccc(CN5CC=CCC5)c4)cc3)CC2)s1. The van der Waals surface area contributed by atoms with Gasteiger partial charge in [0.1, 0.15) is 4.88 Å². The molecule has 37 heavy (non-hydrogen) atoms. The fourth-order valence-electron chi connectivity index (χ4n) is 4.60. The van der Waals surface area contributed by atoms with Crippen molar-refractivity contribution < 1.29 is 18.4 Å². The minimum atomic E-state index is -3.63. The molecule has 1 aromatic heterocycles. The van der Waals surface area contributed by atoms with Gasteiger partial charge in [-0.05, 0) is 41.3 Å². The summed E-state index contributed by atoms with van der Waals surface area (Å²) >= 11 is 1.16. The van der Waals surface area contributed by atoms with Gasteiger partial charge in [0.25, 0.3) is 5.91 Å². The van der Waals surface area contributed by atoms with E-state index in [1.807, 2.05) is 17.0 Å². The maximum absolute atomic E-state index is 13.3. The van der Waals surface area contributed by atoms with Gasteiger partial charge in [0.15, 0.2) is 5.13 Å². The van der Waals surface area contributed by atoms with E-state index in [0.717, 1.165) is 48.5 Å². The number of hydrogen-bond donors (Lipinski definition) is 2.